The number of hydrogen-bond acceptors (Lipinski definition) is 7. The van der Waals surface area contributed by atoms with Crippen molar-refractivity contribution in [2.75, 3.05) is 6.61 Å². The average molecular weight is 301 g/mol. The quantitative estimate of drug-likeness (QED) is 0.640. The van der Waals surface area contributed by atoms with Crippen LogP contribution in [0, 0.1) is 0 Å². The molecule has 8 nitrogen and oxygen atoms in total. The molecule has 3 rings (SSSR count). The number of halogens is 1. The third-order valence-corrected chi connectivity index (χ3v) is 3.80. The summed E-state index contributed by atoms with van der Waals surface area (Å²) in [5.74, 6) is 0. The molecule has 1 aliphatic heterocycles. The molecule has 2 aromatic rings. The van der Waals surface area contributed by atoms with Crippen LogP contribution in [0.25, 0.3) is 11.0 Å². The molecule has 0 spiro atoms. The molecule has 3 N–H and O–H groups in total. The molecule has 108 valence electrons. The zero-order valence-corrected chi connectivity index (χ0v) is 11.3. The van der Waals surface area contributed by atoms with Crippen molar-refractivity contribution >= 4 is 22.6 Å². The van der Waals surface area contributed by atoms with E-state index in [1.54, 1.807) is 0 Å². The van der Waals surface area contributed by atoms with Crippen molar-refractivity contribution in [2.45, 2.75) is 31.0 Å². The third-order valence-electron chi connectivity index (χ3n) is 3.50. The summed E-state index contributed by atoms with van der Waals surface area (Å²) in [6.45, 7) is 0.997. The maximum atomic E-state index is 10.4. The molecule has 0 bridgehead atoms. The Bertz CT molecular complexity index is 646. The molecule has 9 heteroatoms. The summed E-state index contributed by atoms with van der Waals surface area (Å²) in [6, 6.07) is 0. The number of fused-ring (bicyclic) bond motifs is 1. The van der Waals surface area contributed by atoms with E-state index >= 15 is 0 Å². The summed E-state index contributed by atoms with van der Waals surface area (Å²) >= 11 is 5.94. The van der Waals surface area contributed by atoms with Crippen LogP contribution < -0.4 is 0 Å². The van der Waals surface area contributed by atoms with Gasteiger partial charge in [0.2, 0.25) is 0 Å². The fourth-order valence-electron chi connectivity index (χ4n) is 2.35. The van der Waals surface area contributed by atoms with E-state index in [0.717, 1.165) is 0 Å². The minimum Gasteiger partial charge on any atom is -0.394 e. The van der Waals surface area contributed by atoms with E-state index in [0.29, 0.717) is 11.0 Å². The lowest BCUT2D eigenvalue weighted by Crippen LogP contribution is -2.44. The number of nitrogens with zero attached hydrogens (tertiary/aromatic N) is 4. The normalized spacial score (nSPS) is 34.0. The average Bonchev–Trinajstić information content (AvgIpc) is 2.92. The molecule has 20 heavy (non-hydrogen) atoms. The summed E-state index contributed by atoms with van der Waals surface area (Å²) in [7, 11) is 0. The molecule has 0 saturated carbocycles. The van der Waals surface area contributed by atoms with Crippen molar-refractivity contribution in [1.29, 1.82) is 0 Å². The fraction of sp³-hybridized carbons (Fsp3) is 0.545. The first-order valence-electron chi connectivity index (χ1n) is 5.97. The predicted molar refractivity (Wildman–Crippen MR) is 68.0 cm³/mol. The second-order valence-corrected chi connectivity index (χ2v) is 5.23. The minimum atomic E-state index is -1.62. The number of hydrogen-bond donors (Lipinski definition) is 3. The van der Waals surface area contributed by atoms with Gasteiger partial charge in [0, 0.05) is 0 Å². The van der Waals surface area contributed by atoms with Gasteiger partial charge in [-0.3, -0.25) is 0 Å². The Kier molecular flexibility index (Phi) is 3.14. The Balaban J connectivity index is 2.10. The first-order chi connectivity index (χ1) is 9.46. The molecule has 4 atom stereocenters. The largest absolute Gasteiger partial charge is 0.394 e. The highest BCUT2D eigenvalue weighted by Crippen LogP contribution is 2.39. The molecule has 1 aliphatic rings. The van der Waals surface area contributed by atoms with Gasteiger partial charge in [0.05, 0.1) is 18.2 Å². The maximum Gasteiger partial charge on any atom is 0.183 e. The lowest BCUT2D eigenvalue weighted by Gasteiger charge is -2.26. The number of rotatable bonds is 2. The highest BCUT2D eigenvalue weighted by Gasteiger charge is 2.53. The molecule has 0 unspecified atom stereocenters. The molecule has 2 aromatic heterocycles. The van der Waals surface area contributed by atoms with Crippen molar-refractivity contribution < 1.29 is 20.1 Å². The third kappa shape index (κ3) is 1.80. The molecule has 1 fully saturated rings. The Hall–Kier alpha value is -1.32. The summed E-state index contributed by atoms with van der Waals surface area (Å²) < 4.78 is 6.80. The van der Waals surface area contributed by atoms with Crippen LogP contribution in [0.2, 0.25) is 5.15 Å². The molecule has 0 aliphatic carbocycles. The monoisotopic (exact) mass is 300 g/mol. The van der Waals surface area contributed by atoms with Crippen molar-refractivity contribution in [3.8, 4) is 0 Å². The highest BCUT2D eigenvalue weighted by molar-refractivity contribution is 6.33. The molecule has 0 radical (unpaired) electrons. The van der Waals surface area contributed by atoms with Gasteiger partial charge in [-0.05, 0) is 6.92 Å². The standard InChI is InChI=1S/C11H13ClN4O4/c1-11(19)7(18)6(3-17)20-10(11)16-9-5(2-15-16)8(12)13-4-14-9/h2,4,6-7,10,17-19H,3H2,1H3/t6-,7-,10-,11+/m1/s1. The molecular weight excluding hydrogens is 288 g/mol. The Morgan fingerprint density at radius 1 is 1.50 bits per heavy atom. The van der Waals surface area contributed by atoms with Crippen LogP contribution in [-0.4, -0.2) is 59.5 Å². The Labute approximate surface area is 118 Å². The zero-order chi connectivity index (χ0) is 14.5. The molecule has 0 aromatic carbocycles. The van der Waals surface area contributed by atoms with Crippen molar-refractivity contribution in [1.82, 2.24) is 19.7 Å². The van der Waals surface area contributed by atoms with E-state index in [1.165, 1.54) is 24.1 Å². The van der Waals surface area contributed by atoms with Crippen molar-refractivity contribution in [2.24, 2.45) is 0 Å². The number of aliphatic hydroxyl groups excluding tert-OH is 2. The molecular formula is C11H13ClN4O4. The van der Waals surface area contributed by atoms with Gasteiger partial charge in [0.15, 0.2) is 11.9 Å². The number of aliphatic hydroxyl groups is 3. The van der Waals surface area contributed by atoms with E-state index in [1.807, 2.05) is 0 Å². The van der Waals surface area contributed by atoms with E-state index in [9.17, 15) is 10.2 Å². The van der Waals surface area contributed by atoms with E-state index in [-0.39, 0.29) is 5.15 Å². The van der Waals surface area contributed by atoms with Crippen LogP contribution in [0.5, 0.6) is 0 Å². The van der Waals surface area contributed by atoms with Gasteiger partial charge in [-0.15, -0.1) is 0 Å². The fourth-order valence-corrected chi connectivity index (χ4v) is 2.53. The van der Waals surface area contributed by atoms with Gasteiger partial charge < -0.3 is 20.1 Å². The van der Waals surface area contributed by atoms with Gasteiger partial charge in [0.25, 0.3) is 0 Å². The Morgan fingerprint density at radius 2 is 2.25 bits per heavy atom. The lowest BCUT2D eigenvalue weighted by atomic mass is 9.97. The molecule has 3 heterocycles. The topological polar surface area (TPSA) is 114 Å². The first-order valence-corrected chi connectivity index (χ1v) is 6.35. The first kappa shape index (κ1) is 13.7. The van der Waals surface area contributed by atoms with Crippen molar-refractivity contribution in [3.63, 3.8) is 0 Å². The van der Waals surface area contributed by atoms with Gasteiger partial charge in [-0.25, -0.2) is 14.6 Å². The predicted octanol–water partition coefficient (Wildman–Crippen LogP) is -0.519. The van der Waals surface area contributed by atoms with Crippen LogP contribution in [-0.2, 0) is 4.74 Å². The van der Waals surface area contributed by atoms with E-state index < -0.39 is 30.6 Å². The highest BCUT2D eigenvalue weighted by atomic mass is 35.5. The summed E-state index contributed by atoms with van der Waals surface area (Å²) in [4.78, 5) is 7.90. The number of ether oxygens (including phenoxy) is 1. The van der Waals surface area contributed by atoms with Crippen molar-refractivity contribution in [3.05, 3.63) is 17.7 Å². The second-order valence-electron chi connectivity index (χ2n) is 4.87. The van der Waals surface area contributed by atoms with Crippen LogP contribution in [0.4, 0.5) is 0 Å². The smallest absolute Gasteiger partial charge is 0.183 e. The van der Waals surface area contributed by atoms with Gasteiger partial charge in [-0.1, -0.05) is 11.6 Å². The molecule has 1 saturated heterocycles. The second kappa shape index (κ2) is 4.61. The van der Waals surface area contributed by atoms with Gasteiger partial charge in [-0.2, -0.15) is 5.10 Å². The summed E-state index contributed by atoms with van der Waals surface area (Å²) in [6.07, 6.45) is -0.402. The minimum absolute atomic E-state index is 0.234. The zero-order valence-electron chi connectivity index (χ0n) is 10.5. The van der Waals surface area contributed by atoms with E-state index in [4.69, 9.17) is 21.4 Å². The van der Waals surface area contributed by atoms with Crippen LogP contribution in [0.15, 0.2) is 12.5 Å². The SMILES string of the molecule is C[C@]1(O)[C@H](O)[C@@H](CO)O[C@H]1n1ncc2c(Cl)ncnc21. The lowest BCUT2D eigenvalue weighted by molar-refractivity contribution is -0.100. The number of aromatic nitrogens is 4. The van der Waals surface area contributed by atoms with Gasteiger partial charge >= 0.3 is 0 Å². The van der Waals surface area contributed by atoms with E-state index in [2.05, 4.69) is 15.1 Å². The van der Waals surface area contributed by atoms with Gasteiger partial charge in [0.1, 0.15) is 29.3 Å². The van der Waals surface area contributed by atoms with Crippen LogP contribution >= 0.6 is 11.6 Å². The maximum absolute atomic E-state index is 10.4. The summed E-state index contributed by atoms with van der Waals surface area (Å²) in [5, 5.41) is 34.4. The Morgan fingerprint density at radius 3 is 2.90 bits per heavy atom. The molecule has 0 amide bonds. The van der Waals surface area contributed by atoms with Crippen LogP contribution in [0.3, 0.4) is 0 Å². The summed E-state index contributed by atoms with van der Waals surface area (Å²) in [5.41, 5.74) is -1.25. The van der Waals surface area contributed by atoms with Crippen LogP contribution in [0.1, 0.15) is 13.2 Å².